The third kappa shape index (κ3) is 3.79. The minimum atomic E-state index is 0.299. The summed E-state index contributed by atoms with van der Waals surface area (Å²) in [5.41, 5.74) is 8.12. The van der Waals surface area contributed by atoms with E-state index in [1.54, 1.807) is 0 Å². The molecule has 0 radical (unpaired) electrons. The van der Waals surface area contributed by atoms with Crippen LogP contribution in [0.1, 0.15) is 24.8 Å². The summed E-state index contributed by atoms with van der Waals surface area (Å²) in [7, 11) is 0. The molecule has 5 aromatic rings. The highest BCUT2D eigenvalue weighted by Crippen LogP contribution is 2.34. The first-order chi connectivity index (χ1) is 17.6. The van der Waals surface area contributed by atoms with Crippen LogP contribution in [-0.4, -0.2) is 38.4 Å². The van der Waals surface area contributed by atoms with Crippen LogP contribution >= 0.6 is 0 Å². The van der Waals surface area contributed by atoms with Crippen molar-refractivity contribution in [2.45, 2.75) is 32.7 Å². The lowest BCUT2D eigenvalue weighted by atomic mass is 10.0. The van der Waals surface area contributed by atoms with Gasteiger partial charge in [0.2, 0.25) is 5.91 Å². The lowest BCUT2D eigenvalue weighted by Crippen LogP contribution is -2.30. The van der Waals surface area contributed by atoms with E-state index in [1.165, 1.54) is 27.6 Å². The first kappa shape index (κ1) is 21.4. The molecule has 180 valence electrons. The third-order valence-electron chi connectivity index (χ3n) is 7.90. The van der Waals surface area contributed by atoms with E-state index in [4.69, 9.17) is 4.98 Å². The number of fused-ring (bicyclic) bond motifs is 2. The van der Waals surface area contributed by atoms with Crippen LogP contribution in [0.4, 0.5) is 0 Å². The smallest absolute Gasteiger partial charge is 0.225 e. The Morgan fingerprint density at radius 1 is 0.944 bits per heavy atom. The number of carbonyl (C=O) groups excluding carboxylic acids is 1. The zero-order valence-electron chi connectivity index (χ0n) is 20.6. The second kappa shape index (κ2) is 8.37. The molecule has 0 unspecified atom stereocenters. The Labute approximate surface area is 210 Å². The predicted molar refractivity (Wildman–Crippen MR) is 145 cm³/mol. The molecule has 0 spiro atoms. The van der Waals surface area contributed by atoms with E-state index in [-0.39, 0.29) is 0 Å². The number of H-pyrrole nitrogens is 1. The van der Waals surface area contributed by atoms with Gasteiger partial charge in [0.15, 0.2) is 0 Å². The summed E-state index contributed by atoms with van der Waals surface area (Å²) in [6.07, 6.45) is 5.19. The second-order valence-electron chi connectivity index (χ2n) is 10.6. The van der Waals surface area contributed by atoms with E-state index in [9.17, 15) is 4.79 Å². The van der Waals surface area contributed by atoms with E-state index < -0.39 is 0 Å². The SMILES string of the molecule is Cc1ccc2c(c1)nc(-c1ccc(-c3ccc4[nH]ccc4c3)cc1)n2C[C@H]1CCN(C(=O)C2CC2)C1. The van der Waals surface area contributed by atoms with Gasteiger partial charge in [-0.1, -0.05) is 36.4 Å². The van der Waals surface area contributed by atoms with E-state index in [0.717, 1.165) is 61.3 Å². The van der Waals surface area contributed by atoms with Crippen molar-refractivity contribution in [2.24, 2.45) is 11.8 Å². The highest BCUT2D eigenvalue weighted by atomic mass is 16.2. The normalized spacial score (nSPS) is 17.9. The molecule has 0 bridgehead atoms. The maximum Gasteiger partial charge on any atom is 0.225 e. The Balaban J connectivity index is 1.21. The number of amides is 1. The van der Waals surface area contributed by atoms with Gasteiger partial charge < -0.3 is 14.5 Å². The van der Waals surface area contributed by atoms with E-state index >= 15 is 0 Å². The van der Waals surface area contributed by atoms with Gasteiger partial charge in [0.1, 0.15) is 5.82 Å². The number of hydrogen-bond acceptors (Lipinski definition) is 2. The van der Waals surface area contributed by atoms with Gasteiger partial charge in [-0.15, -0.1) is 0 Å². The summed E-state index contributed by atoms with van der Waals surface area (Å²) in [6, 6.07) is 24.0. The average molecular weight is 475 g/mol. The van der Waals surface area contributed by atoms with E-state index in [2.05, 4.69) is 88.1 Å². The zero-order chi connectivity index (χ0) is 24.2. The van der Waals surface area contributed by atoms with Crippen LogP contribution in [0.25, 0.3) is 44.5 Å². The number of imidazole rings is 1. The molecule has 1 aliphatic heterocycles. The van der Waals surface area contributed by atoms with Crippen molar-refractivity contribution in [1.29, 1.82) is 0 Å². The molecular weight excluding hydrogens is 444 g/mol. The first-order valence-electron chi connectivity index (χ1n) is 13.1. The number of aromatic amines is 1. The fourth-order valence-corrected chi connectivity index (χ4v) is 5.72. The van der Waals surface area contributed by atoms with Gasteiger partial charge >= 0.3 is 0 Å². The molecule has 3 heterocycles. The van der Waals surface area contributed by atoms with Gasteiger partial charge in [-0.05, 0) is 84.5 Å². The average Bonchev–Trinajstić information content (AvgIpc) is 3.30. The summed E-state index contributed by atoms with van der Waals surface area (Å²) in [6.45, 7) is 4.75. The number of nitrogens with zero attached hydrogens (tertiary/aromatic N) is 3. The third-order valence-corrected chi connectivity index (χ3v) is 7.90. The van der Waals surface area contributed by atoms with Crippen LogP contribution in [0.3, 0.4) is 0 Å². The van der Waals surface area contributed by atoms with Crippen molar-refractivity contribution >= 4 is 27.8 Å². The molecule has 1 saturated heterocycles. The van der Waals surface area contributed by atoms with Crippen LogP contribution in [0.2, 0.25) is 0 Å². The molecule has 1 N–H and O–H groups in total. The van der Waals surface area contributed by atoms with Crippen molar-refractivity contribution < 1.29 is 4.79 Å². The molecule has 3 aromatic carbocycles. The lowest BCUT2D eigenvalue weighted by Gasteiger charge is -2.18. The van der Waals surface area contributed by atoms with Crippen LogP contribution in [0.15, 0.2) is 72.9 Å². The number of aromatic nitrogens is 3. The summed E-state index contributed by atoms with van der Waals surface area (Å²) < 4.78 is 2.38. The summed E-state index contributed by atoms with van der Waals surface area (Å²) in [5, 5.41) is 1.22. The first-order valence-corrected chi connectivity index (χ1v) is 13.1. The van der Waals surface area contributed by atoms with E-state index in [1.807, 2.05) is 6.20 Å². The molecule has 5 nitrogen and oxygen atoms in total. The van der Waals surface area contributed by atoms with E-state index in [0.29, 0.717) is 17.7 Å². The molecule has 2 fully saturated rings. The van der Waals surface area contributed by atoms with Crippen LogP contribution in [0, 0.1) is 18.8 Å². The fraction of sp³-hybridized carbons (Fsp3) is 0.290. The van der Waals surface area contributed by atoms with Gasteiger partial charge in [-0.25, -0.2) is 4.98 Å². The van der Waals surface area contributed by atoms with Crippen molar-refractivity contribution in [3.8, 4) is 22.5 Å². The fourth-order valence-electron chi connectivity index (χ4n) is 5.72. The summed E-state index contributed by atoms with van der Waals surface area (Å²) in [4.78, 5) is 23.1. The van der Waals surface area contributed by atoms with Crippen molar-refractivity contribution in [3.05, 3.63) is 78.5 Å². The lowest BCUT2D eigenvalue weighted by molar-refractivity contribution is -0.131. The monoisotopic (exact) mass is 474 g/mol. The minimum absolute atomic E-state index is 0.299. The topological polar surface area (TPSA) is 53.9 Å². The Morgan fingerprint density at radius 3 is 2.58 bits per heavy atom. The van der Waals surface area contributed by atoms with Crippen molar-refractivity contribution in [1.82, 2.24) is 19.4 Å². The maximum absolute atomic E-state index is 12.6. The Kier molecular flexibility index (Phi) is 4.98. The van der Waals surface area contributed by atoms with Crippen molar-refractivity contribution in [2.75, 3.05) is 13.1 Å². The standard InChI is InChI=1S/C31H30N4O/c1-20-2-11-29-28(16-20)33-30(35(29)19-21-13-15-34(18-21)31(36)24-7-8-24)23-5-3-22(4-6-23)25-9-10-27-26(17-25)12-14-32-27/h2-6,9-12,14,16-17,21,24,32H,7-8,13,15,18-19H2,1H3/t21-/m0/s1. The molecule has 7 rings (SSSR count). The molecule has 1 saturated carbocycles. The van der Waals surface area contributed by atoms with Crippen molar-refractivity contribution in [3.63, 3.8) is 0 Å². The number of hydrogen-bond donors (Lipinski definition) is 1. The number of benzene rings is 3. The molecular formula is C31H30N4O. The van der Waals surface area contributed by atoms with Gasteiger partial charge in [0.05, 0.1) is 11.0 Å². The molecule has 1 atom stereocenters. The predicted octanol–water partition coefficient (Wildman–Crippen LogP) is 6.42. The number of nitrogens with one attached hydrogen (secondary N) is 1. The molecule has 2 aromatic heterocycles. The molecule has 2 aliphatic rings. The maximum atomic E-state index is 12.6. The Bertz CT molecular complexity index is 1590. The Hall–Kier alpha value is -3.86. The molecule has 1 amide bonds. The Morgan fingerprint density at radius 2 is 1.75 bits per heavy atom. The second-order valence-corrected chi connectivity index (χ2v) is 10.6. The minimum Gasteiger partial charge on any atom is -0.361 e. The quantitative estimate of drug-likeness (QED) is 0.320. The number of rotatable bonds is 5. The van der Waals surface area contributed by atoms with Gasteiger partial charge in [0.25, 0.3) is 0 Å². The number of likely N-dealkylation sites (tertiary alicyclic amines) is 1. The molecule has 36 heavy (non-hydrogen) atoms. The summed E-state index contributed by atoms with van der Waals surface area (Å²) in [5.74, 6) is 2.14. The number of carbonyl (C=O) groups is 1. The van der Waals surface area contributed by atoms with Gasteiger partial charge in [-0.2, -0.15) is 0 Å². The summed E-state index contributed by atoms with van der Waals surface area (Å²) >= 11 is 0. The highest BCUT2D eigenvalue weighted by Gasteiger charge is 2.36. The number of aryl methyl sites for hydroxylation is 1. The van der Waals surface area contributed by atoms with Gasteiger partial charge in [0, 0.05) is 42.8 Å². The van der Waals surface area contributed by atoms with Crippen LogP contribution in [-0.2, 0) is 11.3 Å². The highest BCUT2D eigenvalue weighted by molar-refractivity contribution is 5.86. The van der Waals surface area contributed by atoms with Crippen LogP contribution < -0.4 is 0 Å². The molecule has 5 heteroatoms. The van der Waals surface area contributed by atoms with Gasteiger partial charge in [-0.3, -0.25) is 4.79 Å². The largest absolute Gasteiger partial charge is 0.361 e. The zero-order valence-corrected chi connectivity index (χ0v) is 20.6. The molecule has 1 aliphatic carbocycles. The van der Waals surface area contributed by atoms with Crippen LogP contribution in [0.5, 0.6) is 0 Å².